The summed E-state index contributed by atoms with van der Waals surface area (Å²) in [5, 5.41) is 8.78. The first kappa shape index (κ1) is 8.84. The first-order valence-electron chi connectivity index (χ1n) is 4.03. The van der Waals surface area contributed by atoms with Crippen LogP contribution >= 0.6 is 0 Å². The lowest BCUT2D eigenvalue weighted by Crippen LogP contribution is -2.31. The molecule has 1 atom stereocenters. The van der Waals surface area contributed by atoms with Crippen molar-refractivity contribution in [3.63, 3.8) is 0 Å². The Balaban J connectivity index is 2.57. The van der Waals surface area contributed by atoms with Crippen molar-refractivity contribution in [3.8, 4) is 0 Å². The van der Waals surface area contributed by atoms with E-state index in [1.807, 2.05) is 4.90 Å². The number of nitrogens with zero attached hydrogens (tertiary/aromatic N) is 1. The maximum atomic E-state index is 10.7. The van der Waals surface area contributed by atoms with E-state index in [0.29, 0.717) is 0 Å². The zero-order chi connectivity index (χ0) is 8.97. The normalized spacial score (nSPS) is 23.3. The molecule has 1 aliphatic heterocycles. The zero-order valence-corrected chi connectivity index (χ0v) is 6.94. The smallest absolute Gasteiger partial charge is 0.326 e. The van der Waals surface area contributed by atoms with Crippen LogP contribution in [0, 0.1) is 0 Å². The van der Waals surface area contributed by atoms with Crippen LogP contribution in [0.1, 0.15) is 12.8 Å². The third kappa shape index (κ3) is 1.87. The van der Waals surface area contributed by atoms with Gasteiger partial charge in [0.25, 0.3) is 0 Å². The lowest BCUT2D eigenvalue weighted by molar-refractivity contribution is -0.141. The molecule has 0 bridgehead atoms. The molecule has 1 N–H and O–H groups in total. The molecule has 1 aliphatic rings. The van der Waals surface area contributed by atoms with E-state index < -0.39 is 5.97 Å². The van der Waals surface area contributed by atoms with Gasteiger partial charge in [-0.15, -0.1) is 0 Å². The minimum absolute atomic E-state index is 0.332. The maximum absolute atomic E-state index is 10.7. The van der Waals surface area contributed by atoms with Crippen molar-refractivity contribution in [2.45, 2.75) is 18.9 Å². The Bertz CT molecular complexity index is 211. The average Bonchev–Trinajstić information content (AvgIpc) is 2.48. The molecule has 0 aromatic carbocycles. The summed E-state index contributed by atoms with van der Waals surface area (Å²) >= 11 is 0. The largest absolute Gasteiger partial charge is 0.480 e. The van der Waals surface area contributed by atoms with Gasteiger partial charge in [-0.2, -0.15) is 0 Å². The number of carboxylic acid groups (broad SMARTS) is 1. The number of rotatable bonds is 3. The van der Waals surface area contributed by atoms with Crippen LogP contribution in [0.25, 0.3) is 0 Å². The second kappa shape index (κ2) is 3.95. The van der Waals surface area contributed by atoms with E-state index >= 15 is 0 Å². The van der Waals surface area contributed by atoms with Gasteiger partial charge in [0.2, 0.25) is 0 Å². The summed E-state index contributed by atoms with van der Waals surface area (Å²) in [6.45, 7) is 4.37. The summed E-state index contributed by atoms with van der Waals surface area (Å²) in [6.07, 6.45) is 6.91. The van der Waals surface area contributed by atoms with Gasteiger partial charge in [-0.05, 0) is 25.1 Å². The minimum Gasteiger partial charge on any atom is -0.480 e. The van der Waals surface area contributed by atoms with E-state index in [4.69, 9.17) is 5.11 Å². The number of carboxylic acids is 1. The Morgan fingerprint density at radius 1 is 1.67 bits per heavy atom. The third-order valence-corrected chi connectivity index (χ3v) is 1.99. The number of carbonyl (C=O) groups is 1. The summed E-state index contributed by atoms with van der Waals surface area (Å²) in [6, 6.07) is -0.332. The van der Waals surface area contributed by atoms with Gasteiger partial charge in [-0.1, -0.05) is 12.7 Å². The molecule has 0 unspecified atom stereocenters. The van der Waals surface area contributed by atoms with Gasteiger partial charge >= 0.3 is 5.97 Å². The van der Waals surface area contributed by atoms with Crippen LogP contribution in [0.3, 0.4) is 0 Å². The fourth-order valence-electron chi connectivity index (χ4n) is 1.40. The molecule has 0 aliphatic carbocycles. The van der Waals surface area contributed by atoms with E-state index in [1.165, 1.54) is 0 Å². The fraction of sp³-hybridized carbons (Fsp3) is 0.444. The first-order valence-corrected chi connectivity index (χ1v) is 4.03. The Labute approximate surface area is 72.0 Å². The minimum atomic E-state index is -0.735. The average molecular weight is 167 g/mol. The molecule has 12 heavy (non-hydrogen) atoms. The molecule has 0 saturated carbocycles. The van der Waals surface area contributed by atoms with Gasteiger partial charge in [0.15, 0.2) is 0 Å². The standard InChI is InChI=1S/C9H13NO2/c1-2-3-6-10-7-4-5-8(10)9(11)12/h2-3,6,8H,1,4-5,7H2,(H,11,12)/b6-3+/t8-/m0/s1. The highest BCUT2D eigenvalue weighted by atomic mass is 16.4. The monoisotopic (exact) mass is 167 g/mol. The van der Waals surface area contributed by atoms with E-state index in [9.17, 15) is 4.79 Å². The highest BCUT2D eigenvalue weighted by Crippen LogP contribution is 2.17. The maximum Gasteiger partial charge on any atom is 0.326 e. The SMILES string of the molecule is C=C/C=C/N1CCC[C@H]1C(=O)O. The van der Waals surface area contributed by atoms with Crippen LogP contribution in [0.5, 0.6) is 0 Å². The van der Waals surface area contributed by atoms with Crippen molar-refractivity contribution < 1.29 is 9.90 Å². The Hall–Kier alpha value is -1.25. The number of hydrogen-bond donors (Lipinski definition) is 1. The Morgan fingerprint density at radius 3 is 3.00 bits per heavy atom. The highest BCUT2D eigenvalue weighted by Gasteiger charge is 2.27. The Kier molecular flexibility index (Phi) is 2.91. The van der Waals surface area contributed by atoms with Gasteiger partial charge in [-0.25, -0.2) is 4.79 Å². The molecule has 1 fully saturated rings. The number of aliphatic carboxylic acids is 1. The van der Waals surface area contributed by atoms with Crippen LogP contribution in [0.4, 0.5) is 0 Å². The third-order valence-electron chi connectivity index (χ3n) is 1.99. The van der Waals surface area contributed by atoms with Gasteiger partial charge in [0, 0.05) is 6.54 Å². The lowest BCUT2D eigenvalue weighted by Gasteiger charge is -2.17. The molecule has 0 radical (unpaired) electrons. The van der Waals surface area contributed by atoms with E-state index in [0.717, 1.165) is 19.4 Å². The van der Waals surface area contributed by atoms with E-state index in [-0.39, 0.29) is 6.04 Å². The number of hydrogen-bond acceptors (Lipinski definition) is 2. The first-order chi connectivity index (χ1) is 5.75. The van der Waals surface area contributed by atoms with E-state index in [2.05, 4.69) is 6.58 Å². The predicted octanol–water partition coefficient (Wildman–Crippen LogP) is 1.24. The lowest BCUT2D eigenvalue weighted by atomic mass is 10.2. The predicted molar refractivity (Wildman–Crippen MR) is 46.7 cm³/mol. The Morgan fingerprint density at radius 2 is 2.42 bits per heavy atom. The van der Waals surface area contributed by atoms with Crippen molar-refractivity contribution in [3.05, 3.63) is 24.9 Å². The summed E-state index contributed by atoms with van der Waals surface area (Å²) in [7, 11) is 0. The summed E-state index contributed by atoms with van der Waals surface area (Å²) in [4.78, 5) is 12.5. The van der Waals surface area contributed by atoms with Crippen molar-refractivity contribution >= 4 is 5.97 Å². The van der Waals surface area contributed by atoms with Crippen LogP contribution in [-0.2, 0) is 4.79 Å². The molecule has 1 heterocycles. The summed E-state index contributed by atoms with van der Waals surface area (Å²) < 4.78 is 0. The highest BCUT2D eigenvalue weighted by molar-refractivity contribution is 5.74. The molecule has 1 rings (SSSR count). The van der Waals surface area contributed by atoms with E-state index in [1.54, 1.807) is 18.4 Å². The van der Waals surface area contributed by atoms with Crippen molar-refractivity contribution in [1.29, 1.82) is 0 Å². The van der Waals surface area contributed by atoms with Gasteiger partial charge in [0.05, 0.1) is 0 Å². The molecular formula is C9H13NO2. The quantitative estimate of drug-likeness (QED) is 0.643. The van der Waals surface area contributed by atoms with Crippen LogP contribution < -0.4 is 0 Å². The molecule has 66 valence electrons. The van der Waals surface area contributed by atoms with Crippen LogP contribution in [0.15, 0.2) is 24.9 Å². The molecule has 3 heteroatoms. The van der Waals surface area contributed by atoms with Gasteiger partial charge < -0.3 is 10.0 Å². The molecule has 3 nitrogen and oxygen atoms in total. The van der Waals surface area contributed by atoms with Crippen LogP contribution in [-0.4, -0.2) is 28.6 Å². The van der Waals surface area contributed by atoms with Crippen molar-refractivity contribution in [2.75, 3.05) is 6.54 Å². The molecule has 0 spiro atoms. The molecular weight excluding hydrogens is 154 g/mol. The van der Waals surface area contributed by atoms with Crippen molar-refractivity contribution in [2.24, 2.45) is 0 Å². The molecule has 0 aromatic heterocycles. The molecule has 0 aromatic rings. The zero-order valence-electron chi connectivity index (χ0n) is 6.94. The molecule has 0 amide bonds. The van der Waals surface area contributed by atoms with Gasteiger partial charge in [-0.3, -0.25) is 0 Å². The second-order valence-corrected chi connectivity index (χ2v) is 2.81. The summed E-state index contributed by atoms with van der Waals surface area (Å²) in [5.74, 6) is -0.735. The number of likely N-dealkylation sites (tertiary alicyclic amines) is 1. The second-order valence-electron chi connectivity index (χ2n) is 2.81. The van der Waals surface area contributed by atoms with Crippen molar-refractivity contribution in [1.82, 2.24) is 4.90 Å². The summed E-state index contributed by atoms with van der Waals surface area (Å²) in [5.41, 5.74) is 0. The van der Waals surface area contributed by atoms with Gasteiger partial charge in [0.1, 0.15) is 6.04 Å². The fourth-order valence-corrected chi connectivity index (χ4v) is 1.40. The molecule has 1 saturated heterocycles. The number of allylic oxidation sites excluding steroid dienone is 2. The topological polar surface area (TPSA) is 40.5 Å². The van der Waals surface area contributed by atoms with Crippen LogP contribution in [0.2, 0.25) is 0 Å².